The lowest BCUT2D eigenvalue weighted by atomic mass is 9.71. The molecule has 1 aliphatic carbocycles. The highest BCUT2D eigenvalue weighted by Crippen LogP contribution is 2.48. The van der Waals surface area contributed by atoms with Crippen molar-refractivity contribution in [3.63, 3.8) is 0 Å². The number of aliphatic hydroxyl groups excluding tert-OH is 1. The number of amides is 2. The number of aliphatic hydroxyl groups is 1. The van der Waals surface area contributed by atoms with E-state index in [2.05, 4.69) is 0 Å². The zero-order valence-corrected chi connectivity index (χ0v) is 12.3. The van der Waals surface area contributed by atoms with Gasteiger partial charge in [0.2, 0.25) is 11.8 Å². The molecule has 1 heterocycles. The molecule has 123 valence electrons. The molecule has 1 aromatic carbocycles. The number of benzene rings is 1. The summed E-state index contributed by atoms with van der Waals surface area (Å²) >= 11 is 0. The molecule has 3 N–H and O–H groups in total. The van der Waals surface area contributed by atoms with Gasteiger partial charge in [-0.1, -0.05) is 0 Å². The standard InChI is InChI=1S/C16H17F2N2O3/c17-9-5-10(18)7-11(6-9)20-13(14(19)22)8-16(15(20)23)3-1-12(21)2-4-16/h1,5-7,12-13,21H,2-4,8H2,(H2,19,22). The van der Waals surface area contributed by atoms with Crippen LogP contribution >= 0.6 is 0 Å². The minimum Gasteiger partial charge on any atom is -0.393 e. The summed E-state index contributed by atoms with van der Waals surface area (Å²) in [7, 11) is 0. The van der Waals surface area contributed by atoms with Crippen molar-refractivity contribution in [2.45, 2.75) is 37.8 Å². The minimum absolute atomic E-state index is 0.0145. The molecule has 0 bridgehead atoms. The maximum atomic E-state index is 13.5. The van der Waals surface area contributed by atoms with Crippen molar-refractivity contribution in [3.8, 4) is 0 Å². The Labute approximate surface area is 132 Å². The van der Waals surface area contributed by atoms with Crippen LogP contribution in [0, 0.1) is 23.5 Å². The molecule has 1 saturated heterocycles. The maximum absolute atomic E-state index is 13.5. The van der Waals surface area contributed by atoms with E-state index in [1.54, 1.807) is 6.42 Å². The van der Waals surface area contributed by atoms with Crippen LogP contribution in [0.15, 0.2) is 18.2 Å². The normalized spacial score (nSPS) is 30.9. The summed E-state index contributed by atoms with van der Waals surface area (Å²) in [5, 5.41) is 9.60. The van der Waals surface area contributed by atoms with Crippen LogP contribution in [0.4, 0.5) is 14.5 Å². The zero-order chi connectivity index (χ0) is 16.8. The predicted molar refractivity (Wildman–Crippen MR) is 78.0 cm³/mol. The summed E-state index contributed by atoms with van der Waals surface area (Å²) in [4.78, 5) is 25.8. The van der Waals surface area contributed by atoms with E-state index in [0.717, 1.165) is 17.0 Å². The first kappa shape index (κ1) is 15.9. The summed E-state index contributed by atoms with van der Waals surface area (Å²) in [6, 6.07) is 1.77. The van der Waals surface area contributed by atoms with Crippen molar-refractivity contribution >= 4 is 17.5 Å². The Kier molecular flexibility index (Phi) is 3.83. The number of nitrogens with two attached hydrogens (primary N) is 1. The highest BCUT2D eigenvalue weighted by atomic mass is 19.1. The molecular formula is C16H17F2N2O3. The van der Waals surface area contributed by atoms with Gasteiger partial charge >= 0.3 is 0 Å². The number of primary amides is 1. The number of nitrogens with zero attached hydrogens (tertiary/aromatic N) is 1. The molecule has 2 aliphatic rings. The highest BCUT2D eigenvalue weighted by molar-refractivity contribution is 6.06. The average molecular weight is 323 g/mol. The topological polar surface area (TPSA) is 83.6 Å². The largest absolute Gasteiger partial charge is 0.393 e. The monoisotopic (exact) mass is 323 g/mol. The predicted octanol–water partition coefficient (Wildman–Crippen LogP) is 1.29. The van der Waals surface area contributed by atoms with Crippen molar-refractivity contribution < 1.29 is 23.5 Å². The molecular weight excluding hydrogens is 306 g/mol. The average Bonchev–Trinajstić information content (AvgIpc) is 2.75. The number of hydrogen-bond donors (Lipinski definition) is 2. The van der Waals surface area contributed by atoms with Crippen molar-refractivity contribution in [1.82, 2.24) is 0 Å². The van der Waals surface area contributed by atoms with Crippen molar-refractivity contribution in [2.24, 2.45) is 11.1 Å². The highest BCUT2D eigenvalue weighted by Gasteiger charge is 2.54. The van der Waals surface area contributed by atoms with Crippen LogP contribution in [0.2, 0.25) is 0 Å². The Balaban J connectivity index is 2.00. The van der Waals surface area contributed by atoms with E-state index < -0.39 is 35.1 Å². The summed E-state index contributed by atoms with van der Waals surface area (Å²) in [6.45, 7) is 0. The number of halogens is 2. The van der Waals surface area contributed by atoms with E-state index >= 15 is 0 Å². The van der Waals surface area contributed by atoms with E-state index in [9.17, 15) is 23.5 Å². The van der Waals surface area contributed by atoms with Gasteiger partial charge in [-0.3, -0.25) is 14.5 Å². The van der Waals surface area contributed by atoms with Gasteiger partial charge in [-0.15, -0.1) is 0 Å². The first-order valence-corrected chi connectivity index (χ1v) is 7.43. The SMILES string of the molecule is NC(=O)C1CC2(C[CH]C(O)CC2)C(=O)N1c1cc(F)cc(F)c1. The molecule has 2 fully saturated rings. The van der Waals surface area contributed by atoms with Gasteiger partial charge in [0.15, 0.2) is 0 Å². The molecule has 3 unspecified atom stereocenters. The van der Waals surface area contributed by atoms with Crippen LogP contribution in [0.3, 0.4) is 0 Å². The van der Waals surface area contributed by atoms with Crippen molar-refractivity contribution in [1.29, 1.82) is 0 Å². The Morgan fingerprint density at radius 3 is 2.48 bits per heavy atom. The van der Waals surface area contributed by atoms with E-state index in [4.69, 9.17) is 5.73 Å². The summed E-state index contributed by atoms with van der Waals surface area (Å²) in [5.74, 6) is -2.76. The molecule has 1 saturated carbocycles. The molecule has 3 rings (SSSR count). The molecule has 1 spiro atoms. The van der Waals surface area contributed by atoms with Crippen molar-refractivity contribution in [2.75, 3.05) is 4.90 Å². The molecule has 2 amide bonds. The molecule has 3 atom stereocenters. The Morgan fingerprint density at radius 1 is 1.30 bits per heavy atom. The zero-order valence-electron chi connectivity index (χ0n) is 12.3. The number of anilines is 1. The second-order valence-electron chi connectivity index (χ2n) is 6.25. The molecule has 1 radical (unpaired) electrons. The van der Waals surface area contributed by atoms with E-state index in [-0.39, 0.29) is 18.0 Å². The van der Waals surface area contributed by atoms with Gasteiger partial charge in [0.05, 0.1) is 17.2 Å². The molecule has 0 aromatic heterocycles. The minimum atomic E-state index is -0.952. The molecule has 23 heavy (non-hydrogen) atoms. The van der Waals surface area contributed by atoms with Gasteiger partial charge < -0.3 is 10.8 Å². The van der Waals surface area contributed by atoms with E-state index in [0.29, 0.717) is 25.3 Å². The second kappa shape index (κ2) is 5.56. The quantitative estimate of drug-likeness (QED) is 0.860. The molecule has 7 heteroatoms. The maximum Gasteiger partial charge on any atom is 0.240 e. The lowest BCUT2D eigenvalue weighted by Gasteiger charge is -2.33. The van der Waals surface area contributed by atoms with Crippen molar-refractivity contribution in [3.05, 3.63) is 36.3 Å². The Hall–Kier alpha value is -2.02. The van der Waals surface area contributed by atoms with Gasteiger partial charge in [0, 0.05) is 6.07 Å². The van der Waals surface area contributed by atoms with Crippen LogP contribution < -0.4 is 10.6 Å². The van der Waals surface area contributed by atoms with Gasteiger partial charge in [-0.2, -0.15) is 0 Å². The van der Waals surface area contributed by atoms with Gasteiger partial charge in [0.25, 0.3) is 0 Å². The van der Waals surface area contributed by atoms with Crippen LogP contribution in [0.25, 0.3) is 0 Å². The smallest absolute Gasteiger partial charge is 0.240 e. The van der Waals surface area contributed by atoms with Gasteiger partial charge in [0.1, 0.15) is 17.7 Å². The number of carbonyl (C=O) groups is 2. The summed E-state index contributed by atoms with van der Waals surface area (Å²) < 4.78 is 27.0. The number of carbonyl (C=O) groups excluding carboxylic acids is 2. The fourth-order valence-electron chi connectivity index (χ4n) is 3.53. The second-order valence-corrected chi connectivity index (χ2v) is 6.25. The lowest BCUT2D eigenvalue weighted by Crippen LogP contribution is -2.43. The summed E-state index contributed by atoms with van der Waals surface area (Å²) in [6.07, 6.45) is 2.36. The third-order valence-corrected chi connectivity index (χ3v) is 4.72. The van der Waals surface area contributed by atoms with Crippen LogP contribution in [0.1, 0.15) is 25.7 Å². The van der Waals surface area contributed by atoms with Gasteiger partial charge in [-0.05, 0) is 44.2 Å². The van der Waals surface area contributed by atoms with E-state index in [1.807, 2.05) is 0 Å². The van der Waals surface area contributed by atoms with Crippen LogP contribution in [-0.4, -0.2) is 29.1 Å². The first-order chi connectivity index (χ1) is 10.8. The van der Waals surface area contributed by atoms with Crippen LogP contribution in [-0.2, 0) is 9.59 Å². The molecule has 5 nitrogen and oxygen atoms in total. The fraction of sp³-hybridized carbons (Fsp3) is 0.438. The fourth-order valence-corrected chi connectivity index (χ4v) is 3.53. The Bertz CT molecular complexity index is 636. The molecule has 1 aromatic rings. The first-order valence-electron chi connectivity index (χ1n) is 7.43. The summed E-state index contributed by atoms with van der Waals surface area (Å²) in [5.41, 5.74) is 4.54. The third kappa shape index (κ3) is 2.69. The molecule has 1 aliphatic heterocycles. The lowest BCUT2D eigenvalue weighted by molar-refractivity contribution is -0.127. The number of rotatable bonds is 2. The van der Waals surface area contributed by atoms with E-state index in [1.165, 1.54) is 0 Å². The van der Waals surface area contributed by atoms with Gasteiger partial charge in [-0.25, -0.2) is 8.78 Å². The van der Waals surface area contributed by atoms with Crippen LogP contribution in [0.5, 0.6) is 0 Å². The Morgan fingerprint density at radius 2 is 1.96 bits per heavy atom. The third-order valence-electron chi connectivity index (χ3n) is 4.72. The number of hydrogen-bond acceptors (Lipinski definition) is 3.